The van der Waals surface area contributed by atoms with Crippen molar-refractivity contribution in [3.8, 4) is 0 Å². The third-order valence-electron chi connectivity index (χ3n) is 5.95. The predicted molar refractivity (Wildman–Crippen MR) is 143 cm³/mol. The van der Waals surface area contributed by atoms with Crippen molar-refractivity contribution in [3.63, 3.8) is 0 Å². The summed E-state index contributed by atoms with van der Waals surface area (Å²) in [4.78, 5) is 13.4. The molecular weight excluding hydrogens is 511 g/mol. The molecule has 0 unspecified atom stereocenters. The summed E-state index contributed by atoms with van der Waals surface area (Å²) >= 11 is 6.21. The number of amides is 1. The van der Waals surface area contributed by atoms with Crippen LogP contribution in [0.1, 0.15) is 28.3 Å². The first-order chi connectivity index (χ1) is 17.8. The van der Waals surface area contributed by atoms with Crippen molar-refractivity contribution in [1.82, 2.24) is 9.62 Å². The van der Waals surface area contributed by atoms with Crippen LogP contribution in [0.2, 0.25) is 5.02 Å². The number of benzene rings is 4. The van der Waals surface area contributed by atoms with E-state index in [0.29, 0.717) is 0 Å². The van der Waals surface area contributed by atoms with Gasteiger partial charge in [0, 0.05) is 17.1 Å². The summed E-state index contributed by atoms with van der Waals surface area (Å²) in [7, 11) is -4.16. The lowest BCUT2D eigenvalue weighted by Gasteiger charge is -2.25. The van der Waals surface area contributed by atoms with E-state index >= 15 is 0 Å². The standard InChI is InChI=1S/C29H26ClFN2O3S/c1-21-15-17-24(18-16-21)37(35,36)33(19-25-26(30)13-8-14-27(25)31)20-28(34)32-29(22-9-4-2-5-10-22)23-11-6-3-7-12-23/h2-18,29H,19-20H2,1H3,(H,32,34). The van der Waals surface area contributed by atoms with Gasteiger partial charge in [0.15, 0.2) is 0 Å². The van der Waals surface area contributed by atoms with Gasteiger partial charge >= 0.3 is 0 Å². The normalized spacial score (nSPS) is 11.6. The van der Waals surface area contributed by atoms with E-state index in [1.165, 1.54) is 30.3 Å². The van der Waals surface area contributed by atoms with Crippen LogP contribution in [0.15, 0.2) is 108 Å². The third kappa shape index (κ3) is 6.43. The molecule has 4 aromatic carbocycles. The monoisotopic (exact) mass is 536 g/mol. The van der Waals surface area contributed by atoms with Crippen LogP contribution in [0, 0.1) is 12.7 Å². The Balaban J connectivity index is 1.67. The van der Waals surface area contributed by atoms with Gasteiger partial charge in [0.25, 0.3) is 0 Å². The zero-order chi connectivity index (χ0) is 26.4. The molecule has 0 radical (unpaired) electrons. The second-order valence-corrected chi connectivity index (χ2v) is 11.0. The average Bonchev–Trinajstić information content (AvgIpc) is 2.90. The topological polar surface area (TPSA) is 66.5 Å². The SMILES string of the molecule is Cc1ccc(S(=O)(=O)N(CC(=O)NC(c2ccccc2)c2ccccc2)Cc2c(F)cccc2Cl)cc1. The van der Waals surface area contributed by atoms with Crippen LogP contribution in [-0.2, 0) is 21.4 Å². The Morgan fingerprint density at radius 2 is 1.43 bits per heavy atom. The van der Waals surface area contributed by atoms with E-state index < -0.39 is 40.9 Å². The summed E-state index contributed by atoms with van der Waals surface area (Å²) in [6.45, 7) is 0.904. The number of sulfonamides is 1. The summed E-state index contributed by atoms with van der Waals surface area (Å²) < 4.78 is 42.8. The van der Waals surface area contributed by atoms with Gasteiger partial charge in [0.05, 0.1) is 17.5 Å². The molecule has 8 heteroatoms. The van der Waals surface area contributed by atoms with Crippen LogP contribution in [0.5, 0.6) is 0 Å². The van der Waals surface area contributed by atoms with Crippen LogP contribution in [0.25, 0.3) is 0 Å². The van der Waals surface area contributed by atoms with Crippen molar-refractivity contribution < 1.29 is 17.6 Å². The number of nitrogens with zero attached hydrogens (tertiary/aromatic N) is 1. The minimum absolute atomic E-state index is 0.000954. The maximum Gasteiger partial charge on any atom is 0.243 e. The van der Waals surface area contributed by atoms with Crippen molar-refractivity contribution in [2.45, 2.75) is 24.4 Å². The Kier molecular flexibility index (Phi) is 8.38. The molecule has 0 saturated carbocycles. The highest BCUT2D eigenvalue weighted by atomic mass is 35.5. The van der Waals surface area contributed by atoms with Gasteiger partial charge in [-0.1, -0.05) is 96.0 Å². The van der Waals surface area contributed by atoms with Crippen LogP contribution >= 0.6 is 11.6 Å². The van der Waals surface area contributed by atoms with Gasteiger partial charge in [-0.05, 0) is 42.3 Å². The van der Waals surface area contributed by atoms with Gasteiger partial charge in [-0.2, -0.15) is 4.31 Å². The molecule has 0 aliphatic heterocycles. The molecular formula is C29H26ClFN2O3S. The summed E-state index contributed by atoms with van der Waals surface area (Å²) in [5, 5.41) is 3.04. The molecule has 0 fully saturated rings. The number of rotatable bonds is 9. The lowest BCUT2D eigenvalue weighted by atomic mass is 9.99. The first kappa shape index (κ1) is 26.5. The third-order valence-corrected chi connectivity index (χ3v) is 8.11. The van der Waals surface area contributed by atoms with Crippen LogP contribution in [0.3, 0.4) is 0 Å². The lowest BCUT2D eigenvalue weighted by Crippen LogP contribution is -2.42. The fraction of sp³-hybridized carbons (Fsp3) is 0.138. The highest BCUT2D eigenvalue weighted by molar-refractivity contribution is 7.89. The van der Waals surface area contributed by atoms with Crippen molar-refractivity contribution in [1.29, 1.82) is 0 Å². The molecule has 4 aromatic rings. The zero-order valence-corrected chi connectivity index (χ0v) is 21.7. The zero-order valence-electron chi connectivity index (χ0n) is 20.1. The molecule has 0 atom stereocenters. The molecule has 4 rings (SSSR count). The first-order valence-corrected chi connectivity index (χ1v) is 13.5. The minimum Gasteiger partial charge on any atom is -0.344 e. The fourth-order valence-electron chi connectivity index (χ4n) is 3.96. The summed E-state index contributed by atoms with van der Waals surface area (Å²) in [5.41, 5.74) is 2.56. The molecule has 190 valence electrons. The van der Waals surface area contributed by atoms with Gasteiger partial charge in [0.1, 0.15) is 5.82 Å². The lowest BCUT2D eigenvalue weighted by molar-refractivity contribution is -0.121. The maximum absolute atomic E-state index is 14.6. The summed E-state index contributed by atoms with van der Waals surface area (Å²) in [6, 6.07) is 28.7. The average molecular weight is 537 g/mol. The molecule has 0 saturated heterocycles. The number of carbonyl (C=O) groups excluding carboxylic acids is 1. The van der Waals surface area contributed by atoms with E-state index in [-0.39, 0.29) is 15.5 Å². The smallest absolute Gasteiger partial charge is 0.243 e. The fourth-order valence-corrected chi connectivity index (χ4v) is 5.55. The number of hydrogen-bond acceptors (Lipinski definition) is 3. The second-order valence-electron chi connectivity index (χ2n) is 8.61. The van der Waals surface area contributed by atoms with Gasteiger partial charge in [0.2, 0.25) is 15.9 Å². The van der Waals surface area contributed by atoms with E-state index in [4.69, 9.17) is 11.6 Å². The predicted octanol–water partition coefficient (Wildman–Crippen LogP) is 5.88. The Morgan fingerprint density at radius 1 is 0.865 bits per heavy atom. The van der Waals surface area contributed by atoms with Crippen molar-refractivity contribution in [2.75, 3.05) is 6.54 Å². The highest BCUT2D eigenvalue weighted by Crippen LogP contribution is 2.26. The van der Waals surface area contributed by atoms with E-state index in [9.17, 15) is 17.6 Å². The molecule has 0 aromatic heterocycles. The molecule has 1 amide bonds. The van der Waals surface area contributed by atoms with Crippen LogP contribution in [0.4, 0.5) is 4.39 Å². The molecule has 0 heterocycles. The Hall–Kier alpha value is -3.52. The van der Waals surface area contributed by atoms with Gasteiger partial charge in [-0.15, -0.1) is 0 Å². The molecule has 5 nitrogen and oxygen atoms in total. The number of hydrogen-bond donors (Lipinski definition) is 1. The molecule has 37 heavy (non-hydrogen) atoms. The Labute approximate surface area is 221 Å². The van der Waals surface area contributed by atoms with Gasteiger partial charge in [-0.3, -0.25) is 4.79 Å². The summed E-state index contributed by atoms with van der Waals surface area (Å²) in [5.74, 6) is -1.19. The van der Waals surface area contributed by atoms with Gasteiger partial charge < -0.3 is 5.32 Å². The van der Waals surface area contributed by atoms with E-state index in [1.54, 1.807) is 12.1 Å². The number of carbonyl (C=O) groups is 1. The van der Waals surface area contributed by atoms with Crippen molar-refractivity contribution >= 4 is 27.5 Å². The van der Waals surface area contributed by atoms with Crippen LogP contribution < -0.4 is 5.32 Å². The highest BCUT2D eigenvalue weighted by Gasteiger charge is 2.29. The molecule has 0 aliphatic rings. The maximum atomic E-state index is 14.6. The molecule has 1 N–H and O–H groups in total. The number of aryl methyl sites for hydroxylation is 1. The van der Waals surface area contributed by atoms with E-state index in [0.717, 1.165) is 21.0 Å². The Bertz CT molecular complexity index is 1400. The Morgan fingerprint density at radius 3 is 1.97 bits per heavy atom. The van der Waals surface area contributed by atoms with Gasteiger partial charge in [-0.25, -0.2) is 12.8 Å². The molecule has 0 aliphatic carbocycles. The minimum atomic E-state index is -4.16. The van der Waals surface area contributed by atoms with E-state index in [1.807, 2.05) is 67.6 Å². The summed E-state index contributed by atoms with van der Waals surface area (Å²) in [6.07, 6.45) is 0. The molecule has 0 spiro atoms. The van der Waals surface area contributed by atoms with Crippen molar-refractivity contribution in [3.05, 3.63) is 136 Å². The van der Waals surface area contributed by atoms with Crippen LogP contribution in [-0.4, -0.2) is 25.2 Å². The second kappa shape index (κ2) is 11.7. The quantitative estimate of drug-likeness (QED) is 0.290. The molecule has 0 bridgehead atoms. The van der Waals surface area contributed by atoms with E-state index in [2.05, 4.69) is 5.32 Å². The van der Waals surface area contributed by atoms with Crippen molar-refractivity contribution in [2.24, 2.45) is 0 Å². The largest absolute Gasteiger partial charge is 0.344 e. The number of halogens is 2. The number of nitrogens with one attached hydrogen (secondary N) is 1. The first-order valence-electron chi connectivity index (χ1n) is 11.6.